The summed E-state index contributed by atoms with van der Waals surface area (Å²) in [6.07, 6.45) is 6.79. The molecular weight excluding hydrogens is 567 g/mol. The molecule has 1 aromatic heterocycles. The van der Waals surface area contributed by atoms with Gasteiger partial charge in [-0.15, -0.1) is 0 Å². The maximum absolute atomic E-state index is 14.1. The second kappa shape index (κ2) is 13.0. The summed E-state index contributed by atoms with van der Waals surface area (Å²) in [7, 11) is -1.40. The molecule has 1 saturated heterocycles. The number of nitrogens with zero attached hydrogens (tertiary/aromatic N) is 3. The van der Waals surface area contributed by atoms with Crippen LogP contribution in [0.2, 0.25) is 10.0 Å². The Hall–Kier alpha value is -2.49. The van der Waals surface area contributed by atoms with Crippen LogP contribution in [0.4, 0.5) is 0 Å². The largest absolute Gasteiger partial charge is 0.341 e. The Balaban J connectivity index is 1.47. The van der Waals surface area contributed by atoms with Gasteiger partial charge in [0.05, 0.1) is 21.7 Å². The van der Waals surface area contributed by atoms with E-state index in [1.807, 2.05) is 44.3 Å². The minimum absolute atomic E-state index is 0.00210. The number of rotatable bonds is 10. The van der Waals surface area contributed by atoms with Crippen LogP contribution in [0.5, 0.6) is 0 Å². The van der Waals surface area contributed by atoms with E-state index in [0.717, 1.165) is 48.2 Å². The Bertz CT molecular complexity index is 1410. The molecule has 1 aliphatic rings. The Morgan fingerprint density at radius 2 is 1.65 bits per heavy atom. The molecule has 7 nitrogen and oxygen atoms in total. The molecule has 0 saturated carbocycles. The number of hydrogen-bond donors (Lipinski definition) is 1. The number of piperidine rings is 1. The van der Waals surface area contributed by atoms with Crippen molar-refractivity contribution in [3.05, 3.63) is 88.2 Å². The van der Waals surface area contributed by atoms with E-state index in [9.17, 15) is 13.2 Å². The van der Waals surface area contributed by atoms with Crippen LogP contribution in [0.1, 0.15) is 37.3 Å². The van der Waals surface area contributed by atoms with E-state index in [4.69, 9.17) is 23.2 Å². The number of halogens is 2. The molecule has 1 fully saturated rings. The third-order valence-electron chi connectivity index (χ3n) is 7.66. The molecule has 0 radical (unpaired) electrons. The molecule has 1 aliphatic heterocycles. The number of aromatic nitrogens is 1. The van der Waals surface area contributed by atoms with Crippen LogP contribution in [-0.4, -0.2) is 68.1 Å². The van der Waals surface area contributed by atoms with E-state index in [-0.39, 0.29) is 11.9 Å². The van der Waals surface area contributed by atoms with Crippen molar-refractivity contribution in [1.82, 2.24) is 19.5 Å². The van der Waals surface area contributed by atoms with Crippen molar-refractivity contribution >= 4 is 39.1 Å². The average Bonchev–Trinajstić information content (AvgIpc) is 2.93. The van der Waals surface area contributed by atoms with Gasteiger partial charge >= 0.3 is 0 Å². The number of hydrogen-bond acceptors (Lipinski definition) is 5. The number of carbonyl (C=O) groups excluding carboxylic acids is 1. The predicted molar refractivity (Wildman–Crippen MR) is 162 cm³/mol. The molecule has 2 heterocycles. The molecule has 214 valence electrons. The van der Waals surface area contributed by atoms with Crippen molar-refractivity contribution < 1.29 is 13.2 Å². The SMILES string of the molecule is CN(Cc1ccc(-c2ccncc2)cc1)C(=O)C(C)(CCN1CCC(NS(C)(=O)=O)CC1)c1ccc(Cl)c(Cl)c1. The summed E-state index contributed by atoms with van der Waals surface area (Å²) in [5, 5.41) is 0.864. The summed E-state index contributed by atoms with van der Waals surface area (Å²) in [5.74, 6) is -0.00210. The first-order valence-corrected chi connectivity index (χ1v) is 16.0. The molecule has 1 unspecified atom stereocenters. The van der Waals surface area contributed by atoms with Gasteiger partial charge in [0.15, 0.2) is 0 Å². The van der Waals surface area contributed by atoms with Crippen molar-refractivity contribution in [1.29, 1.82) is 0 Å². The topological polar surface area (TPSA) is 82.6 Å². The Morgan fingerprint density at radius 1 is 1.02 bits per heavy atom. The minimum Gasteiger partial charge on any atom is -0.341 e. The van der Waals surface area contributed by atoms with Gasteiger partial charge in [-0.1, -0.05) is 53.5 Å². The standard InChI is InChI=1S/C30H36Cl2N4O3S/c1-30(25-8-9-27(31)28(32)20-25,14-19-36-17-12-26(13-18-36)34-40(3,38)39)29(37)35(2)21-22-4-6-23(7-5-22)24-10-15-33-16-11-24/h4-11,15-16,20,26,34H,12-14,17-19,21H2,1-3H3. The highest BCUT2D eigenvalue weighted by atomic mass is 35.5. The summed E-state index contributed by atoms with van der Waals surface area (Å²) in [4.78, 5) is 22.2. The summed E-state index contributed by atoms with van der Waals surface area (Å²) >= 11 is 12.6. The number of sulfonamides is 1. The lowest BCUT2D eigenvalue weighted by molar-refractivity contribution is -0.136. The molecule has 1 N–H and O–H groups in total. The van der Waals surface area contributed by atoms with Gasteiger partial charge in [-0.3, -0.25) is 9.78 Å². The molecule has 0 aliphatic carbocycles. The van der Waals surface area contributed by atoms with E-state index >= 15 is 0 Å². The van der Waals surface area contributed by atoms with E-state index in [0.29, 0.717) is 29.6 Å². The third kappa shape index (κ3) is 7.83. The van der Waals surface area contributed by atoms with Gasteiger partial charge in [0.25, 0.3) is 0 Å². The number of likely N-dealkylation sites (tertiary alicyclic amines) is 1. The maximum atomic E-state index is 14.1. The third-order valence-corrected chi connectivity index (χ3v) is 9.16. The second-order valence-corrected chi connectivity index (χ2v) is 13.4. The number of carbonyl (C=O) groups is 1. The summed E-state index contributed by atoms with van der Waals surface area (Å²) in [6, 6.07) is 17.5. The monoisotopic (exact) mass is 602 g/mol. The highest BCUT2D eigenvalue weighted by Gasteiger charge is 2.38. The highest BCUT2D eigenvalue weighted by molar-refractivity contribution is 7.88. The zero-order valence-electron chi connectivity index (χ0n) is 23.1. The first kappa shape index (κ1) is 30.5. The molecule has 1 amide bonds. The van der Waals surface area contributed by atoms with Gasteiger partial charge < -0.3 is 9.80 Å². The normalized spacial score (nSPS) is 16.4. The summed E-state index contributed by atoms with van der Waals surface area (Å²) < 4.78 is 25.9. The Morgan fingerprint density at radius 3 is 2.25 bits per heavy atom. The van der Waals surface area contributed by atoms with Gasteiger partial charge in [0.2, 0.25) is 15.9 Å². The number of amides is 1. The van der Waals surface area contributed by atoms with Gasteiger partial charge in [0.1, 0.15) is 0 Å². The van der Waals surface area contributed by atoms with Crippen LogP contribution < -0.4 is 4.72 Å². The molecule has 40 heavy (non-hydrogen) atoms. The van der Waals surface area contributed by atoms with Crippen molar-refractivity contribution in [3.8, 4) is 11.1 Å². The average molecular weight is 604 g/mol. The van der Waals surface area contributed by atoms with Crippen LogP contribution in [0.3, 0.4) is 0 Å². The number of benzene rings is 2. The van der Waals surface area contributed by atoms with Gasteiger partial charge in [-0.2, -0.15) is 0 Å². The maximum Gasteiger partial charge on any atom is 0.233 e. The first-order chi connectivity index (χ1) is 18.9. The van der Waals surface area contributed by atoms with E-state index in [2.05, 4.69) is 26.7 Å². The van der Waals surface area contributed by atoms with Crippen molar-refractivity contribution in [2.24, 2.45) is 0 Å². The lowest BCUT2D eigenvalue weighted by Crippen LogP contribution is -2.48. The molecular formula is C30H36Cl2N4O3S. The molecule has 2 aromatic carbocycles. The molecule has 10 heteroatoms. The van der Waals surface area contributed by atoms with E-state index < -0.39 is 15.4 Å². The minimum atomic E-state index is -3.23. The summed E-state index contributed by atoms with van der Waals surface area (Å²) in [6.45, 7) is 4.66. The first-order valence-electron chi connectivity index (χ1n) is 13.3. The smallest absolute Gasteiger partial charge is 0.233 e. The number of pyridine rings is 1. The van der Waals surface area contributed by atoms with E-state index in [1.165, 1.54) is 6.26 Å². The zero-order chi connectivity index (χ0) is 28.9. The van der Waals surface area contributed by atoms with Crippen LogP contribution in [0.15, 0.2) is 67.0 Å². The summed E-state index contributed by atoms with van der Waals surface area (Å²) in [5.41, 5.74) is 3.21. The molecule has 3 aromatic rings. The van der Waals surface area contributed by atoms with Crippen LogP contribution in [0.25, 0.3) is 11.1 Å². The van der Waals surface area contributed by atoms with Crippen molar-refractivity contribution in [2.75, 3.05) is 32.9 Å². The van der Waals surface area contributed by atoms with Crippen LogP contribution in [-0.2, 0) is 26.8 Å². The van der Waals surface area contributed by atoms with Crippen molar-refractivity contribution in [2.45, 2.75) is 44.2 Å². The number of likely N-dealkylation sites (N-methyl/N-ethyl adjacent to an activating group) is 1. The fourth-order valence-corrected chi connectivity index (χ4v) is 6.43. The van der Waals surface area contributed by atoms with Gasteiger partial charge in [-0.25, -0.2) is 13.1 Å². The number of nitrogens with one attached hydrogen (secondary N) is 1. The van der Waals surface area contributed by atoms with Gasteiger partial charge in [0, 0.05) is 32.0 Å². The van der Waals surface area contributed by atoms with Gasteiger partial charge in [-0.05, 0) is 92.3 Å². The fourth-order valence-electron chi connectivity index (χ4n) is 5.29. The molecule has 4 rings (SSSR count). The quantitative estimate of drug-likeness (QED) is 0.337. The van der Waals surface area contributed by atoms with Crippen molar-refractivity contribution in [3.63, 3.8) is 0 Å². The lowest BCUT2D eigenvalue weighted by atomic mass is 9.77. The lowest BCUT2D eigenvalue weighted by Gasteiger charge is -2.37. The second-order valence-electron chi connectivity index (χ2n) is 10.8. The fraction of sp³-hybridized carbons (Fsp3) is 0.400. The predicted octanol–water partition coefficient (Wildman–Crippen LogP) is 5.38. The van der Waals surface area contributed by atoms with Crippen LogP contribution in [0, 0.1) is 0 Å². The van der Waals surface area contributed by atoms with Crippen LogP contribution >= 0.6 is 23.2 Å². The molecule has 0 bridgehead atoms. The van der Waals surface area contributed by atoms with E-state index in [1.54, 1.807) is 29.4 Å². The Labute approximate surface area is 247 Å². The molecule has 0 spiro atoms. The Kier molecular flexibility index (Phi) is 9.90. The molecule has 1 atom stereocenters. The zero-order valence-corrected chi connectivity index (χ0v) is 25.4. The highest BCUT2D eigenvalue weighted by Crippen LogP contribution is 2.35.